The molecule has 112 valence electrons. The Bertz CT molecular complexity index is 669. The minimum Gasteiger partial charge on any atom is -0.469 e. The molecule has 2 heterocycles. The van der Waals surface area contributed by atoms with Gasteiger partial charge in [0.1, 0.15) is 16.2 Å². The number of fused-ring (bicyclic) bond motifs is 3. The molecule has 0 fully saturated rings. The third-order valence-corrected chi connectivity index (χ3v) is 6.01. The molecule has 0 aliphatic heterocycles. The van der Waals surface area contributed by atoms with Crippen LogP contribution in [0.25, 0.3) is 10.2 Å². The second-order valence-electron chi connectivity index (χ2n) is 5.28. The van der Waals surface area contributed by atoms with Crippen LogP contribution in [0.1, 0.15) is 36.6 Å². The van der Waals surface area contributed by atoms with Crippen molar-refractivity contribution in [1.82, 2.24) is 9.97 Å². The van der Waals surface area contributed by atoms with Crippen LogP contribution in [0.5, 0.6) is 0 Å². The fraction of sp³-hybridized carbons (Fsp3) is 0.533. The fourth-order valence-corrected chi connectivity index (χ4v) is 5.04. The first-order valence-corrected chi connectivity index (χ1v) is 8.87. The number of ether oxygens (including phenoxy) is 1. The number of nitrogens with zero attached hydrogens (tertiary/aromatic N) is 2. The van der Waals surface area contributed by atoms with E-state index < -0.39 is 0 Å². The zero-order valence-electron chi connectivity index (χ0n) is 12.2. The minimum absolute atomic E-state index is 0.148. The largest absolute Gasteiger partial charge is 0.469 e. The Hall–Kier alpha value is -1.14. The average Bonchev–Trinajstić information content (AvgIpc) is 2.86. The molecular weight excluding hydrogens is 304 g/mol. The molecule has 0 radical (unpaired) electrons. The molecule has 2 aromatic heterocycles. The van der Waals surface area contributed by atoms with Crippen molar-refractivity contribution in [2.75, 3.05) is 7.11 Å². The van der Waals surface area contributed by atoms with Gasteiger partial charge in [-0.3, -0.25) is 4.79 Å². The lowest BCUT2D eigenvalue weighted by molar-refractivity contribution is -0.140. The van der Waals surface area contributed by atoms with E-state index in [4.69, 9.17) is 4.74 Å². The second-order valence-corrected chi connectivity index (χ2v) is 7.79. The van der Waals surface area contributed by atoms with Gasteiger partial charge in [-0.2, -0.15) is 0 Å². The molecule has 3 rings (SSSR count). The Morgan fingerprint density at radius 2 is 2.24 bits per heavy atom. The van der Waals surface area contributed by atoms with Gasteiger partial charge in [-0.05, 0) is 31.2 Å². The number of carbonyl (C=O) groups excluding carboxylic acids is 1. The summed E-state index contributed by atoms with van der Waals surface area (Å²) in [5.41, 5.74) is 1.44. The van der Waals surface area contributed by atoms with E-state index in [1.54, 1.807) is 29.4 Å². The molecule has 4 nitrogen and oxygen atoms in total. The Kier molecular flexibility index (Phi) is 4.45. The lowest BCUT2D eigenvalue weighted by Crippen LogP contribution is -2.09. The molecule has 0 bridgehead atoms. The summed E-state index contributed by atoms with van der Waals surface area (Å²) in [6, 6.07) is 0. The number of thioether (sulfide) groups is 1. The quantitative estimate of drug-likeness (QED) is 0.489. The Morgan fingerprint density at radius 1 is 1.43 bits per heavy atom. The number of thiophene rings is 1. The Morgan fingerprint density at radius 3 is 3.05 bits per heavy atom. The smallest absolute Gasteiger partial charge is 0.306 e. The van der Waals surface area contributed by atoms with Gasteiger partial charge in [0.15, 0.2) is 0 Å². The van der Waals surface area contributed by atoms with Crippen LogP contribution in [-0.2, 0) is 22.4 Å². The first-order chi connectivity index (χ1) is 10.2. The summed E-state index contributed by atoms with van der Waals surface area (Å²) in [6.07, 6.45) is 6.85. The highest BCUT2D eigenvalue weighted by atomic mass is 32.2. The van der Waals surface area contributed by atoms with Gasteiger partial charge in [0.05, 0.1) is 13.5 Å². The number of hydrogen-bond acceptors (Lipinski definition) is 6. The monoisotopic (exact) mass is 322 g/mol. The molecule has 21 heavy (non-hydrogen) atoms. The normalized spacial score (nSPS) is 15.7. The second kappa shape index (κ2) is 6.32. The maximum absolute atomic E-state index is 11.4. The highest BCUT2D eigenvalue weighted by Crippen LogP contribution is 2.40. The van der Waals surface area contributed by atoms with Crippen LogP contribution in [-0.4, -0.2) is 28.3 Å². The van der Waals surface area contributed by atoms with Gasteiger partial charge >= 0.3 is 5.97 Å². The molecule has 1 atom stereocenters. The molecular formula is C15H18N2O2S2. The fourth-order valence-electron chi connectivity index (χ4n) is 2.70. The Labute approximate surface area is 132 Å². The lowest BCUT2D eigenvalue weighted by Gasteiger charge is -2.13. The van der Waals surface area contributed by atoms with Crippen molar-refractivity contribution in [2.24, 2.45) is 0 Å². The van der Waals surface area contributed by atoms with E-state index in [0.29, 0.717) is 6.42 Å². The van der Waals surface area contributed by atoms with E-state index in [2.05, 4.69) is 9.97 Å². The molecule has 0 amide bonds. The first kappa shape index (κ1) is 14.8. The van der Waals surface area contributed by atoms with Gasteiger partial charge in [-0.25, -0.2) is 9.97 Å². The molecule has 6 heteroatoms. The summed E-state index contributed by atoms with van der Waals surface area (Å²) >= 11 is 3.45. The van der Waals surface area contributed by atoms with Crippen LogP contribution < -0.4 is 0 Å². The van der Waals surface area contributed by atoms with Crippen molar-refractivity contribution < 1.29 is 9.53 Å². The van der Waals surface area contributed by atoms with Gasteiger partial charge in [0.25, 0.3) is 0 Å². The summed E-state index contributed by atoms with van der Waals surface area (Å²) in [6.45, 7) is 2.04. The van der Waals surface area contributed by atoms with Gasteiger partial charge in [0, 0.05) is 15.5 Å². The van der Waals surface area contributed by atoms with Crippen molar-refractivity contribution in [3.63, 3.8) is 0 Å². The molecule has 1 aliphatic carbocycles. The molecule has 1 unspecified atom stereocenters. The van der Waals surface area contributed by atoms with Gasteiger partial charge in [0.2, 0.25) is 0 Å². The molecule has 0 saturated heterocycles. The number of rotatable bonds is 4. The highest BCUT2D eigenvalue weighted by molar-refractivity contribution is 8.00. The van der Waals surface area contributed by atoms with Crippen molar-refractivity contribution in [3.8, 4) is 0 Å². The van der Waals surface area contributed by atoms with Crippen LogP contribution in [0.3, 0.4) is 0 Å². The topological polar surface area (TPSA) is 52.1 Å². The number of aryl methyl sites for hydroxylation is 2. The van der Waals surface area contributed by atoms with E-state index in [0.717, 1.165) is 22.7 Å². The van der Waals surface area contributed by atoms with Crippen molar-refractivity contribution >= 4 is 39.3 Å². The first-order valence-electron chi connectivity index (χ1n) is 7.17. The molecule has 0 spiro atoms. The van der Waals surface area contributed by atoms with Crippen molar-refractivity contribution in [3.05, 3.63) is 16.8 Å². The zero-order chi connectivity index (χ0) is 14.8. The summed E-state index contributed by atoms with van der Waals surface area (Å²) in [7, 11) is 1.43. The number of hydrogen-bond donors (Lipinski definition) is 0. The summed E-state index contributed by atoms with van der Waals surface area (Å²) in [4.78, 5) is 22.9. The highest BCUT2D eigenvalue weighted by Gasteiger charge is 2.21. The number of carbonyl (C=O) groups is 1. The predicted octanol–water partition coefficient (Wildman–Crippen LogP) is 3.61. The number of methoxy groups -OCH3 is 1. The van der Waals surface area contributed by atoms with Crippen LogP contribution >= 0.6 is 23.1 Å². The zero-order valence-corrected chi connectivity index (χ0v) is 13.9. The van der Waals surface area contributed by atoms with E-state index in [1.165, 1.54) is 35.8 Å². The van der Waals surface area contributed by atoms with Gasteiger partial charge in [-0.15, -0.1) is 23.1 Å². The number of esters is 1. The lowest BCUT2D eigenvalue weighted by atomic mass is 9.97. The maximum Gasteiger partial charge on any atom is 0.306 e. The van der Waals surface area contributed by atoms with Gasteiger partial charge < -0.3 is 4.74 Å². The van der Waals surface area contributed by atoms with Crippen LogP contribution in [0, 0.1) is 0 Å². The van der Waals surface area contributed by atoms with Crippen molar-refractivity contribution in [2.45, 2.75) is 49.3 Å². The Balaban J connectivity index is 1.91. The van der Waals surface area contributed by atoms with Crippen LogP contribution in [0.4, 0.5) is 0 Å². The molecule has 0 aromatic carbocycles. The molecule has 0 N–H and O–H groups in total. The molecule has 0 saturated carbocycles. The van der Waals surface area contributed by atoms with E-state index in [1.807, 2.05) is 6.92 Å². The van der Waals surface area contributed by atoms with Gasteiger partial charge in [-0.1, -0.05) is 6.92 Å². The number of aromatic nitrogens is 2. The third-order valence-electron chi connectivity index (χ3n) is 3.71. The minimum atomic E-state index is -0.173. The SMILES string of the molecule is COC(=O)CC(C)Sc1ncnc2sc3c(c12)CCCC3. The van der Waals surface area contributed by atoms with Crippen molar-refractivity contribution in [1.29, 1.82) is 0 Å². The average molecular weight is 322 g/mol. The predicted molar refractivity (Wildman–Crippen MR) is 86.0 cm³/mol. The summed E-state index contributed by atoms with van der Waals surface area (Å²) in [5.74, 6) is -0.173. The molecule has 1 aliphatic rings. The standard InChI is InChI=1S/C15H18N2O2S2/c1-9(7-12(18)19-2)20-14-13-10-5-3-4-6-11(10)21-15(13)17-8-16-14/h8-9H,3-7H2,1-2H3. The van der Waals surface area contributed by atoms with E-state index in [-0.39, 0.29) is 11.2 Å². The van der Waals surface area contributed by atoms with Crippen LogP contribution in [0.15, 0.2) is 11.4 Å². The maximum atomic E-state index is 11.4. The van der Waals surface area contributed by atoms with E-state index in [9.17, 15) is 4.79 Å². The van der Waals surface area contributed by atoms with E-state index >= 15 is 0 Å². The molecule has 2 aromatic rings. The van der Waals surface area contributed by atoms with Crippen LogP contribution in [0.2, 0.25) is 0 Å². The summed E-state index contributed by atoms with van der Waals surface area (Å²) in [5, 5.41) is 2.38. The summed E-state index contributed by atoms with van der Waals surface area (Å²) < 4.78 is 4.74. The third kappa shape index (κ3) is 3.06.